The summed E-state index contributed by atoms with van der Waals surface area (Å²) in [6.45, 7) is 0.568. The summed E-state index contributed by atoms with van der Waals surface area (Å²) in [4.78, 5) is 16.6. The topological polar surface area (TPSA) is 51.2 Å². The van der Waals surface area contributed by atoms with E-state index in [0.29, 0.717) is 12.3 Å². The lowest BCUT2D eigenvalue weighted by molar-refractivity contribution is -0.118. The van der Waals surface area contributed by atoms with Gasteiger partial charge in [0.05, 0.1) is 18.6 Å². The van der Waals surface area contributed by atoms with Crippen molar-refractivity contribution in [3.63, 3.8) is 0 Å². The molecule has 0 atom stereocenters. The molecule has 0 saturated heterocycles. The van der Waals surface area contributed by atoms with Crippen molar-refractivity contribution in [1.29, 1.82) is 0 Å². The summed E-state index contributed by atoms with van der Waals surface area (Å²) in [5.41, 5.74) is 3.18. The highest BCUT2D eigenvalue weighted by molar-refractivity contribution is 7.99. The third kappa shape index (κ3) is 5.34. The van der Waals surface area contributed by atoms with Crippen LogP contribution in [0.4, 0.5) is 0 Å². The zero-order valence-corrected chi connectivity index (χ0v) is 16.1. The third-order valence-corrected chi connectivity index (χ3v) is 5.61. The molecule has 0 unspecified atom stereocenters. The normalized spacial score (nSPS) is 10.5. The van der Waals surface area contributed by atoms with Crippen molar-refractivity contribution >= 4 is 29.0 Å². The van der Waals surface area contributed by atoms with Gasteiger partial charge < -0.3 is 10.1 Å². The molecule has 0 radical (unpaired) electrons. The first-order chi connectivity index (χ1) is 12.7. The summed E-state index contributed by atoms with van der Waals surface area (Å²) in [5.74, 6) is 2.04. The Hall–Kier alpha value is -2.31. The lowest BCUT2D eigenvalue weighted by atomic mass is 10.2. The van der Waals surface area contributed by atoms with Gasteiger partial charge in [-0.25, -0.2) is 4.98 Å². The molecule has 1 aromatic heterocycles. The molecule has 3 rings (SSSR count). The minimum Gasteiger partial charge on any atom is -0.497 e. The smallest absolute Gasteiger partial charge is 0.230 e. The summed E-state index contributed by atoms with van der Waals surface area (Å²) in [6, 6.07) is 17.8. The fourth-order valence-corrected chi connectivity index (χ4v) is 4.01. The molecule has 1 N–H and O–H groups in total. The van der Waals surface area contributed by atoms with Crippen molar-refractivity contribution in [2.45, 2.75) is 12.3 Å². The molecule has 0 spiro atoms. The average Bonchev–Trinajstić information content (AvgIpc) is 3.16. The van der Waals surface area contributed by atoms with E-state index in [1.54, 1.807) is 30.2 Å². The van der Waals surface area contributed by atoms with E-state index in [-0.39, 0.29) is 5.91 Å². The molecular formula is C20H20N2O2S2. The molecule has 0 saturated carbocycles. The van der Waals surface area contributed by atoms with Gasteiger partial charge in [0, 0.05) is 23.2 Å². The van der Waals surface area contributed by atoms with Crippen LogP contribution >= 0.6 is 23.1 Å². The molecule has 0 bridgehead atoms. The monoisotopic (exact) mass is 384 g/mol. The quantitative estimate of drug-likeness (QED) is 0.627. The number of thiazole rings is 1. The number of nitrogens with one attached hydrogen (secondary N) is 1. The first kappa shape index (κ1) is 18.5. The van der Waals surface area contributed by atoms with Crippen LogP contribution in [0.5, 0.6) is 5.75 Å². The molecule has 6 heteroatoms. The van der Waals surface area contributed by atoms with E-state index in [2.05, 4.69) is 15.7 Å². The van der Waals surface area contributed by atoms with Crippen molar-refractivity contribution in [1.82, 2.24) is 10.3 Å². The number of methoxy groups -OCH3 is 1. The lowest BCUT2D eigenvalue weighted by Gasteiger charge is -2.04. The molecule has 1 amide bonds. The predicted molar refractivity (Wildman–Crippen MR) is 109 cm³/mol. The van der Waals surface area contributed by atoms with Crippen LogP contribution in [0.2, 0.25) is 0 Å². The van der Waals surface area contributed by atoms with E-state index in [9.17, 15) is 4.79 Å². The zero-order valence-electron chi connectivity index (χ0n) is 14.5. The molecule has 0 aliphatic carbocycles. The van der Waals surface area contributed by atoms with Crippen LogP contribution in [-0.2, 0) is 17.1 Å². The number of hydrogen-bond donors (Lipinski definition) is 1. The number of benzene rings is 2. The number of carbonyl (C=O) groups is 1. The maximum Gasteiger partial charge on any atom is 0.230 e. The van der Waals surface area contributed by atoms with Gasteiger partial charge in [0.25, 0.3) is 0 Å². The fourth-order valence-electron chi connectivity index (χ4n) is 2.34. The Kier molecular flexibility index (Phi) is 6.68. The van der Waals surface area contributed by atoms with E-state index >= 15 is 0 Å². The van der Waals surface area contributed by atoms with Gasteiger partial charge in [0.15, 0.2) is 0 Å². The number of aromatic nitrogens is 1. The van der Waals surface area contributed by atoms with Gasteiger partial charge >= 0.3 is 0 Å². The van der Waals surface area contributed by atoms with Crippen LogP contribution in [0.15, 0.2) is 60.0 Å². The van der Waals surface area contributed by atoms with E-state index in [4.69, 9.17) is 4.74 Å². The van der Waals surface area contributed by atoms with Crippen LogP contribution in [0.1, 0.15) is 11.3 Å². The highest BCUT2D eigenvalue weighted by Gasteiger charge is 2.07. The summed E-state index contributed by atoms with van der Waals surface area (Å²) < 4.78 is 5.18. The Morgan fingerprint density at radius 3 is 2.65 bits per heavy atom. The molecule has 0 aliphatic rings. The molecule has 26 heavy (non-hydrogen) atoms. The van der Waals surface area contributed by atoms with Crippen molar-refractivity contribution in [3.05, 3.63) is 71.2 Å². The van der Waals surface area contributed by atoms with Crippen molar-refractivity contribution in [2.75, 3.05) is 12.9 Å². The van der Waals surface area contributed by atoms with E-state index in [1.807, 2.05) is 54.6 Å². The molecule has 1 heterocycles. The van der Waals surface area contributed by atoms with E-state index < -0.39 is 0 Å². The summed E-state index contributed by atoms with van der Waals surface area (Å²) in [6.07, 6.45) is 0. The first-order valence-electron chi connectivity index (χ1n) is 8.22. The van der Waals surface area contributed by atoms with Gasteiger partial charge in [-0.1, -0.05) is 30.3 Å². The number of thioether (sulfide) groups is 1. The SMILES string of the molecule is COc1ccc(-c2nc(CSCC(=O)NCc3ccccc3)cs2)cc1. The largest absolute Gasteiger partial charge is 0.497 e. The van der Waals surface area contributed by atoms with E-state index in [1.165, 1.54) is 0 Å². The zero-order chi connectivity index (χ0) is 18.2. The second kappa shape index (κ2) is 9.40. The minimum atomic E-state index is 0.0458. The predicted octanol–water partition coefficient (Wildman–Crippen LogP) is 4.37. The van der Waals surface area contributed by atoms with Crippen LogP contribution in [0.25, 0.3) is 10.6 Å². The first-order valence-corrected chi connectivity index (χ1v) is 10.3. The standard InChI is InChI=1S/C20H20N2O2S2/c1-24-18-9-7-16(8-10-18)20-22-17(13-26-20)12-25-14-19(23)21-11-15-5-3-2-4-6-15/h2-10,13H,11-12,14H2,1H3,(H,21,23). The number of ether oxygens (including phenoxy) is 1. The highest BCUT2D eigenvalue weighted by Crippen LogP contribution is 2.27. The number of nitrogens with zero attached hydrogens (tertiary/aromatic N) is 1. The Morgan fingerprint density at radius 2 is 1.92 bits per heavy atom. The number of rotatable bonds is 8. The molecule has 0 aliphatic heterocycles. The third-order valence-electron chi connectivity index (χ3n) is 3.70. The van der Waals surface area contributed by atoms with Gasteiger partial charge in [-0.3, -0.25) is 4.79 Å². The molecule has 0 fully saturated rings. The average molecular weight is 385 g/mol. The molecule has 4 nitrogen and oxygen atoms in total. The van der Waals surface area contributed by atoms with Crippen molar-refractivity contribution in [2.24, 2.45) is 0 Å². The fraction of sp³-hybridized carbons (Fsp3) is 0.200. The highest BCUT2D eigenvalue weighted by atomic mass is 32.2. The Bertz CT molecular complexity index is 833. The Morgan fingerprint density at radius 1 is 1.15 bits per heavy atom. The van der Waals surface area contributed by atoms with Crippen LogP contribution in [0.3, 0.4) is 0 Å². The molecule has 3 aromatic rings. The second-order valence-electron chi connectivity index (χ2n) is 5.63. The summed E-state index contributed by atoms with van der Waals surface area (Å²) in [7, 11) is 1.66. The lowest BCUT2D eigenvalue weighted by Crippen LogP contribution is -2.24. The Labute approximate surface area is 161 Å². The molecular weight excluding hydrogens is 364 g/mol. The Balaban J connectivity index is 1.43. The van der Waals surface area contributed by atoms with Crippen LogP contribution in [-0.4, -0.2) is 23.8 Å². The molecule has 134 valence electrons. The number of amides is 1. The molecule has 2 aromatic carbocycles. The van der Waals surface area contributed by atoms with Crippen molar-refractivity contribution in [3.8, 4) is 16.3 Å². The second-order valence-corrected chi connectivity index (χ2v) is 7.47. The number of carbonyl (C=O) groups excluding carboxylic acids is 1. The van der Waals surface area contributed by atoms with Crippen molar-refractivity contribution < 1.29 is 9.53 Å². The van der Waals surface area contributed by atoms with Crippen LogP contribution < -0.4 is 10.1 Å². The van der Waals surface area contributed by atoms with Gasteiger partial charge in [-0.2, -0.15) is 0 Å². The summed E-state index contributed by atoms with van der Waals surface area (Å²) in [5, 5.41) is 5.97. The number of hydrogen-bond acceptors (Lipinski definition) is 5. The van der Waals surface area contributed by atoms with E-state index in [0.717, 1.165) is 33.3 Å². The van der Waals surface area contributed by atoms with Gasteiger partial charge in [0.1, 0.15) is 10.8 Å². The van der Waals surface area contributed by atoms with Crippen LogP contribution in [0, 0.1) is 0 Å². The minimum absolute atomic E-state index is 0.0458. The summed E-state index contributed by atoms with van der Waals surface area (Å²) >= 11 is 3.19. The van der Waals surface area contributed by atoms with Gasteiger partial charge in [0.2, 0.25) is 5.91 Å². The maximum absolute atomic E-state index is 11.9. The maximum atomic E-state index is 11.9. The van der Waals surface area contributed by atoms with Gasteiger partial charge in [-0.15, -0.1) is 23.1 Å². The van der Waals surface area contributed by atoms with Gasteiger partial charge in [-0.05, 0) is 29.8 Å².